The highest BCUT2D eigenvalue weighted by molar-refractivity contribution is 5.93. The van der Waals surface area contributed by atoms with Crippen molar-refractivity contribution in [2.24, 2.45) is 0 Å². The van der Waals surface area contributed by atoms with Gasteiger partial charge in [0.05, 0.1) is 12.0 Å². The normalized spacial score (nSPS) is 11.4. The third-order valence-electron chi connectivity index (χ3n) is 3.97. The van der Waals surface area contributed by atoms with Gasteiger partial charge in [0.1, 0.15) is 23.7 Å². The summed E-state index contributed by atoms with van der Waals surface area (Å²) in [6, 6.07) is 6.79. The SMILES string of the molecule is CC(C)(C)Nc1nc(Nc2cc(C=O)ccn2)cc2ccn(CCO)c(=O)c12. The van der Waals surface area contributed by atoms with Gasteiger partial charge in [0.15, 0.2) is 0 Å². The molecule has 0 fully saturated rings. The molecule has 3 rings (SSSR count). The molecule has 0 bridgehead atoms. The lowest BCUT2D eigenvalue weighted by molar-refractivity contribution is 0.112. The van der Waals surface area contributed by atoms with Crippen LogP contribution >= 0.6 is 0 Å². The van der Waals surface area contributed by atoms with E-state index in [0.29, 0.717) is 33.8 Å². The van der Waals surface area contributed by atoms with E-state index < -0.39 is 0 Å². The molecule has 0 atom stereocenters. The molecule has 146 valence electrons. The topological polar surface area (TPSA) is 109 Å². The summed E-state index contributed by atoms with van der Waals surface area (Å²) in [5.41, 5.74) is -0.0464. The second kappa shape index (κ2) is 7.77. The smallest absolute Gasteiger partial charge is 0.262 e. The molecule has 0 saturated heterocycles. The zero-order chi connectivity index (χ0) is 20.3. The summed E-state index contributed by atoms with van der Waals surface area (Å²) < 4.78 is 1.46. The van der Waals surface area contributed by atoms with E-state index in [2.05, 4.69) is 20.6 Å². The van der Waals surface area contributed by atoms with Crippen LogP contribution in [0.2, 0.25) is 0 Å². The number of fused-ring (bicyclic) bond motifs is 1. The molecule has 0 aliphatic rings. The van der Waals surface area contributed by atoms with Gasteiger partial charge in [-0.3, -0.25) is 9.59 Å². The van der Waals surface area contributed by atoms with Crippen molar-refractivity contribution in [1.29, 1.82) is 0 Å². The molecule has 0 aliphatic heterocycles. The number of carbonyl (C=O) groups excluding carboxylic acids is 1. The fraction of sp³-hybridized carbons (Fsp3) is 0.300. The number of rotatable bonds is 6. The number of carbonyl (C=O) groups is 1. The van der Waals surface area contributed by atoms with Gasteiger partial charge in [0.25, 0.3) is 5.56 Å². The lowest BCUT2D eigenvalue weighted by Gasteiger charge is -2.23. The van der Waals surface area contributed by atoms with Crippen LogP contribution in [0, 0.1) is 0 Å². The molecular formula is C20H23N5O3. The zero-order valence-electron chi connectivity index (χ0n) is 16.1. The third kappa shape index (κ3) is 4.34. The van der Waals surface area contributed by atoms with Gasteiger partial charge in [-0.2, -0.15) is 0 Å². The standard InChI is InChI=1S/C20H23N5O3/c1-20(2,3)24-18-17-14(5-7-25(8-9-26)19(17)28)11-16(23-18)22-15-10-13(12-27)4-6-21-15/h4-7,10-12,26H,8-9H2,1-3H3,(H2,21,22,23,24). The van der Waals surface area contributed by atoms with Crippen LogP contribution < -0.4 is 16.2 Å². The van der Waals surface area contributed by atoms with Crippen LogP contribution in [0.25, 0.3) is 10.8 Å². The number of aliphatic hydroxyl groups is 1. The summed E-state index contributed by atoms with van der Waals surface area (Å²) in [5, 5.41) is 16.7. The molecule has 0 radical (unpaired) electrons. The van der Waals surface area contributed by atoms with E-state index in [1.54, 1.807) is 24.4 Å². The maximum absolute atomic E-state index is 12.9. The Balaban J connectivity index is 2.13. The van der Waals surface area contributed by atoms with Crippen molar-refractivity contribution >= 4 is 34.5 Å². The summed E-state index contributed by atoms with van der Waals surface area (Å²) >= 11 is 0. The zero-order valence-corrected chi connectivity index (χ0v) is 16.1. The number of nitrogens with zero attached hydrogens (tertiary/aromatic N) is 3. The van der Waals surface area contributed by atoms with Gasteiger partial charge in [0, 0.05) is 30.0 Å². The molecule has 3 heterocycles. The average molecular weight is 381 g/mol. The van der Waals surface area contributed by atoms with E-state index in [-0.39, 0.29) is 24.2 Å². The molecule has 3 aromatic heterocycles. The Kier molecular flexibility index (Phi) is 5.41. The fourth-order valence-electron chi connectivity index (χ4n) is 2.82. The van der Waals surface area contributed by atoms with Gasteiger partial charge in [-0.25, -0.2) is 9.97 Å². The van der Waals surface area contributed by atoms with Crippen LogP contribution in [0.3, 0.4) is 0 Å². The second-order valence-corrected chi connectivity index (χ2v) is 7.45. The summed E-state index contributed by atoms with van der Waals surface area (Å²) in [7, 11) is 0. The minimum Gasteiger partial charge on any atom is -0.395 e. The van der Waals surface area contributed by atoms with Crippen LogP contribution in [0.1, 0.15) is 31.1 Å². The third-order valence-corrected chi connectivity index (χ3v) is 3.97. The van der Waals surface area contributed by atoms with Gasteiger partial charge >= 0.3 is 0 Å². The molecule has 8 nitrogen and oxygen atoms in total. The van der Waals surface area contributed by atoms with Crippen molar-refractivity contribution in [2.45, 2.75) is 32.9 Å². The molecule has 0 spiro atoms. The first-order valence-electron chi connectivity index (χ1n) is 8.92. The summed E-state index contributed by atoms with van der Waals surface area (Å²) in [6.07, 6.45) is 3.93. The molecule has 0 saturated carbocycles. The predicted molar refractivity (Wildman–Crippen MR) is 109 cm³/mol. The Morgan fingerprint density at radius 3 is 2.68 bits per heavy atom. The van der Waals surface area contributed by atoms with Gasteiger partial charge < -0.3 is 20.3 Å². The van der Waals surface area contributed by atoms with E-state index in [0.717, 1.165) is 6.29 Å². The van der Waals surface area contributed by atoms with Crippen molar-refractivity contribution in [1.82, 2.24) is 14.5 Å². The average Bonchev–Trinajstić information content (AvgIpc) is 2.63. The summed E-state index contributed by atoms with van der Waals surface area (Å²) in [5.74, 6) is 1.41. The van der Waals surface area contributed by atoms with Crippen molar-refractivity contribution in [2.75, 3.05) is 17.2 Å². The van der Waals surface area contributed by atoms with E-state index >= 15 is 0 Å². The Morgan fingerprint density at radius 2 is 2.00 bits per heavy atom. The first kappa shape index (κ1) is 19.5. The Morgan fingerprint density at radius 1 is 1.21 bits per heavy atom. The van der Waals surface area contributed by atoms with E-state index in [1.807, 2.05) is 26.8 Å². The monoisotopic (exact) mass is 381 g/mol. The molecular weight excluding hydrogens is 358 g/mol. The van der Waals surface area contributed by atoms with Gasteiger partial charge in [0.2, 0.25) is 0 Å². The quantitative estimate of drug-likeness (QED) is 0.563. The Bertz CT molecular complexity index is 1070. The first-order valence-corrected chi connectivity index (χ1v) is 8.92. The number of pyridine rings is 3. The maximum atomic E-state index is 12.9. The van der Waals surface area contributed by atoms with E-state index in [9.17, 15) is 14.7 Å². The maximum Gasteiger partial charge on any atom is 0.262 e. The highest BCUT2D eigenvalue weighted by Crippen LogP contribution is 2.26. The fourth-order valence-corrected chi connectivity index (χ4v) is 2.82. The first-order chi connectivity index (χ1) is 13.3. The molecule has 0 amide bonds. The number of aromatic nitrogens is 3. The Hall–Kier alpha value is -3.26. The molecule has 8 heteroatoms. The van der Waals surface area contributed by atoms with Crippen LogP contribution in [-0.2, 0) is 6.54 Å². The van der Waals surface area contributed by atoms with Crippen LogP contribution in [0.4, 0.5) is 17.5 Å². The van der Waals surface area contributed by atoms with Crippen LogP contribution in [-0.4, -0.2) is 38.1 Å². The van der Waals surface area contributed by atoms with Crippen molar-refractivity contribution in [3.8, 4) is 0 Å². The van der Waals surface area contributed by atoms with Crippen molar-refractivity contribution in [3.05, 3.63) is 52.6 Å². The molecule has 0 aromatic carbocycles. The minimum atomic E-state index is -0.321. The van der Waals surface area contributed by atoms with Gasteiger partial charge in [-0.1, -0.05) is 0 Å². The van der Waals surface area contributed by atoms with E-state index in [1.165, 1.54) is 10.8 Å². The molecule has 3 aromatic rings. The number of aliphatic hydroxyl groups excluding tert-OH is 1. The molecule has 0 aliphatic carbocycles. The minimum absolute atomic E-state index is 0.126. The number of aldehydes is 1. The summed E-state index contributed by atoms with van der Waals surface area (Å²) in [4.78, 5) is 32.6. The van der Waals surface area contributed by atoms with Crippen molar-refractivity contribution in [3.63, 3.8) is 0 Å². The molecule has 3 N–H and O–H groups in total. The van der Waals surface area contributed by atoms with Crippen LogP contribution in [0.5, 0.6) is 0 Å². The number of anilines is 3. The van der Waals surface area contributed by atoms with Crippen LogP contribution in [0.15, 0.2) is 41.5 Å². The number of hydrogen-bond donors (Lipinski definition) is 3. The lowest BCUT2D eigenvalue weighted by Crippen LogP contribution is -2.29. The molecule has 0 unspecified atom stereocenters. The van der Waals surface area contributed by atoms with Crippen molar-refractivity contribution < 1.29 is 9.90 Å². The summed E-state index contributed by atoms with van der Waals surface area (Å²) in [6.45, 7) is 6.02. The largest absolute Gasteiger partial charge is 0.395 e. The van der Waals surface area contributed by atoms with Gasteiger partial charge in [-0.15, -0.1) is 0 Å². The van der Waals surface area contributed by atoms with Gasteiger partial charge in [-0.05, 0) is 50.4 Å². The highest BCUT2D eigenvalue weighted by Gasteiger charge is 2.17. The Labute approximate surface area is 162 Å². The second-order valence-electron chi connectivity index (χ2n) is 7.45. The lowest BCUT2D eigenvalue weighted by atomic mass is 10.1. The molecule has 28 heavy (non-hydrogen) atoms. The number of hydrogen-bond acceptors (Lipinski definition) is 7. The van der Waals surface area contributed by atoms with E-state index in [4.69, 9.17) is 0 Å². The predicted octanol–water partition coefficient (Wildman–Crippen LogP) is 2.55. The highest BCUT2D eigenvalue weighted by atomic mass is 16.3. The number of nitrogens with one attached hydrogen (secondary N) is 2.